The normalized spacial score (nSPS) is 10.2. The summed E-state index contributed by atoms with van der Waals surface area (Å²) in [5.74, 6) is -0.505. The van der Waals surface area contributed by atoms with Gasteiger partial charge in [-0.15, -0.1) is 0 Å². The highest BCUT2D eigenvalue weighted by Gasteiger charge is 2.16. The molecule has 0 aliphatic rings. The Hall–Kier alpha value is -1.83. The van der Waals surface area contributed by atoms with Gasteiger partial charge in [-0.2, -0.15) is 0 Å². The topological polar surface area (TPSA) is 109 Å². The summed E-state index contributed by atoms with van der Waals surface area (Å²) in [6.45, 7) is 3.84. The highest BCUT2D eigenvalue weighted by atomic mass is 32.1. The molecule has 8 heteroatoms. The van der Waals surface area contributed by atoms with E-state index in [-0.39, 0.29) is 24.3 Å². The van der Waals surface area contributed by atoms with Gasteiger partial charge in [-0.25, -0.2) is 4.98 Å². The Bertz CT molecular complexity index is 443. The van der Waals surface area contributed by atoms with Gasteiger partial charge in [-0.3, -0.25) is 9.59 Å². The Morgan fingerprint density at radius 1 is 1.44 bits per heavy atom. The number of carbonyl (C=O) groups is 2. The molecule has 0 atom stereocenters. The first-order chi connectivity index (χ1) is 8.43. The predicted octanol–water partition coefficient (Wildman–Crippen LogP) is 0.0214. The van der Waals surface area contributed by atoms with Crippen molar-refractivity contribution in [3.8, 4) is 0 Å². The van der Waals surface area contributed by atoms with E-state index in [0.717, 1.165) is 11.3 Å². The smallest absolute Gasteiger partial charge is 0.265 e. The molecule has 0 saturated heterocycles. The van der Waals surface area contributed by atoms with Crippen LogP contribution in [0.4, 0.5) is 10.9 Å². The Morgan fingerprint density at radius 3 is 2.67 bits per heavy atom. The number of nitrogen functional groups attached to an aromatic ring is 1. The van der Waals surface area contributed by atoms with Gasteiger partial charge in [0.05, 0.1) is 6.54 Å². The third kappa shape index (κ3) is 3.88. The van der Waals surface area contributed by atoms with Crippen LogP contribution in [-0.2, 0) is 4.79 Å². The second-order valence-electron chi connectivity index (χ2n) is 3.89. The largest absolute Gasteiger partial charge is 0.382 e. The summed E-state index contributed by atoms with van der Waals surface area (Å²) in [4.78, 5) is 27.1. The Kier molecular flexibility index (Phi) is 4.90. The fourth-order valence-electron chi connectivity index (χ4n) is 1.13. The molecule has 7 nitrogen and oxygen atoms in total. The molecule has 0 unspecified atom stereocenters. The molecule has 0 aliphatic heterocycles. The molecule has 0 aromatic carbocycles. The average Bonchev–Trinajstić information content (AvgIpc) is 2.65. The lowest BCUT2D eigenvalue weighted by Crippen LogP contribution is -2.35. The second kappa shape index (κ2) is 6.20. The van der Waals surface area contributed by atoms with Gasteiger partial charge in [0.1, 0.15) is 10.7 Å². The molecule has 0 fully saturated rings. The zero-order chi connectivity index (χ0) is 13.7. The summed E-state index contributed by atoms with van der Waals surface area (Å²) < 4.78 is 0. The number of aromatic nitrogens is 1. The minimum absolute atomic E-state index is 0.0837. The van der Waals surface area contributed by atoms with Gasteiger partial charge in [0.25, 0.3) is 5.91 Å². The van der Waals surface area contributed by atoms with E-state index in [1.807, 2.05) is 13.8 Å². The number of nitrogens with one attached hydrogen (secondary N) is 3. The van der Waals surface area contributed by atoms with E-state index in [4.69, 9.17) is 5.73 Å². The van der Waals surface area contributed by atoms with Gasteiger partial charge in [-0.1, -0.05) is 11.3 Å². The quantitative estimate of drug-likeness (QED) is 0.603. The summed E-state index contributed by atoms with van der Waals surface area (Å²) in [6, 6.07) is 0.206. The number of nitrogens with two attached hydrogens (primary N) is 1. The van der Waals surface area contributed by atoms with Gasteiger partial charge >= 0.3 is 0 Å². The van der Waals surface area contributed by atoms with Crippen LogP contribution >= 0.6 is 11.3 Å². The maximum atomic E-state index is 11.8. The van der Waals surface area contributed by atoms with Crippen molar-refractivity contribution in [2.45, 2.75) is 19.9 Å². The van der Waals surface area contributed by atoms with E-state index >= 15 is 0 Å². The van der Waals surface area contributed by atoms with E-state index < -0.39 is 5.91 Å². The van der Waals surface area contributed by atoms with Crippen LogP contribution in [0.1, 0.15) is 23.5 Å². The maximum Gasteiger partial charge on any atom is 0.265 e. The van der Waals surface area contributed by atoms with Crippen LogP contribution in [0.5, 0.6) is 0 Å². The van der Waals surface area contributed by atoms with Crippen LogP contribution in [0, 0.1) is 0 Å². The third-order valence-corrected chi connectivity index (χ3v) is 2.96. The monoisotopic (exact) mass is 271 g/mol. The molecule has 0 saturated carbocycles. The van der Waals surface area contributed by atoms with Gasteiger partial charge in [0, 0.05) is 13.1 Å². The molecular weight excluding hydrogens is 254 g/mol. The summed E-state index contributed by atoms with van der Waals surface area (Å²) in [5, 5.41) is 8.53. The first-order valence-corrected chi connectivity index (χ1v) is 6.27. The van der Waals surface area contributed by atoms with Gasteiger partial charge in [0.2, 0.25) is 5.91 Å². The van der Waals surface area contributed by atoms with E-state index in [2.05, 4.69) is 20.9 Å². The first-order valence-electron chi connectivity index (χ1n) is 5.45. The zero-order valence-corrected chi connectivity index (χ0v) is 11.4. The third-order valence-electron chi connectivity index (χ3n) is 1.96. The van der Waals surface area contributed by atoms with Crippen LogP contribution in [0.25, 0.3) is 0 Å². The second-order valence-corrected chi connectivity index (χ2v) is 4.89. The van der Waals surface area contributed by atoms with Crippen molar-refractivity contribution >= 4 is 34.1 Å². The maximum absolute atomic E-state index is 11.8. The van der Waals surface area contributed by atoms with Crippen LogP contribution < -0.4 is 21.7 Å². The van der Waals surface area contributed by atoms with Gasteiger partial charge in [0.15, 0.2) is 5.13 Å². The van der Waals surface area contributed by atoms with Crippen molar-refractivity contribution in [1.29, 1.82) is 0 Å². The number of carbonyl (C=O) groups excluding carboxylic acids is 2. The van der Waals surface area contributed by atoms with Crippen molar-refractivity contribution in [3.63, 3.8) is 0 Å². The lowest BCUT2D eigenvalue weighted by atomic mass is 10.4. The molecule has 1 aromatic heterocycles. The SMILES string of the molecule is CNC(=O)CNC(=O)c1sc(NC(C)C)nc1N. The molecule has 1 heterocycles. The van der Waals surface area contributed by atoms with Crippen LogP contribution in [-0.4, -0.2) is 36.4 Å². The molecule has 100 valence electrons. The molecule has 5 N–H and O–H groups in total. The van der Waals surface area contributed by atoms with Crippen molar-refractivity contribution in [2.24, 2.45) is 0 Å². The molecule has 1 rings (SSSR count). The average molecular weight is 271 g/mol. The van der Waals surface area contributed by atoms with E-state index in [1.54, 1.807) is 0 Å². The molecule has 0 bridgehead atoms. The highest BCUT2D eigenvalue weighted by Crippen LogP contribution is 2.25. The number of nitrogens with zero attached hydrogens (tertiary/aromatic N) is 1. The first kappa shape index (κ1) is 14.2. The van der Waals surface area contributed by atoms with Crippen LogP contribution in [0.2, 0.25) is 0 Å². The Morgan fingerprint density at radius 2 is 2.11 bits per heavy atom. The Balaban J connectivity index is 2.68. The van der Waals surface area contributed by atoms with Crippen molar-refractivity contribution in [2.75, 3.05) is 24.6 Å². The molecule has 2 amide bonds. The summed E-state index contributed by atoms with van der Waals surface area (Å²) in [7, 11) is 1.50. The number of hydrogen-bond donors (Lipinski definition) is 4. The van der Waals surface area contributed by atoms with Crippen LogP contribution in [0.15, 0.2) is 0 Å². The lowest BCUT2D eigenvalue weighted by molar-refractivity contribution is -0.119. The number of likely N-dealkylation sites (N-methyl/N-ethyl adjacent to an activating group) is 1. The Labute approximate surface area is 109 Å². The van der Waals surface area contributed by atoms with E-state index in [9.17, 15) is 9.59 Å². The number of thiazole rings is 1. The number of anilines is 2. The summed E-state index contributed by atoms with van der Waals surface area (Å²) in [5.41, 5.74) is 5.65. The van der Waals surface area contributed by atoms with E-state index in [0.29, 0.717) is 10.0 Å². The number of amides is 2. The summed E-state index contributed by atoms with van der Waals surface area (Å²) in [6.07, 6.45) is 0. The molecule has 1 aromatic rings. The molecular formula is C10H17N5O2S. The van der Waals surface area contributed by atoms with Crippen molar-refractivity contribution in [1.82, 2.24) is 15.6 Å². The molecule has 0 aliphatic carbocycles. The van der Waals surface area contributed by atoms with Gasteiger partial charge in [-0.05, 0) is 13.8 Å². The molecule has 0 spiro atoms. The highest BCUT2D eigenvalue weighted by molar-refractivity contribution is 7.18. The minimum atomic E-state index is -0.398. The fraction of sp³-hybridized carbons (Fsp3) is 0.500. The standard InChI is InChI=1S/C10H17N5O2S/c1-5(2)14-10-15-8(11)7(18-10)9(17)13-4-6(16)12-3/h5H,4,11H2,1-3H3,(H,12,16)(H,13,17)(H,14,15). The van der Waals surface area contributed by atoms with E-state index in [1.165, 1.54) is 7.05 Å². The number of rotatable bonds is 5. The van der Waals surface area contributed by atoms with Crippen molar-refractivity contribution < 1.29 is 9.59 Å². The lowest BCUT2D eigenvalue weighted by Gasteiger charge is -2.04. The minimum Gasteiger partial charge on any atom is -0.382 e. The van der Waals surface area contributed by atoms with Gasteiger partial charge < -0.3 is 21.7 Å². The number of hydrogen-bond acceptors (Lipinski definition) is 6. The molecule has 18 heavy (non-hydrogen) atoms. The molecule has 0 radical (unpaired) electrons. The van der Waals surface area contributed by atoms with Crippen LogP contribution in [0.3, 0.4) is 0 Å². The van der Waals surface area contributed by atoms with Crippen molar-refractivity contribution in [3.05, 3.63) is 4.88 Å². The predicted molar refractivity (Wildman–Crippen MR) is 71.7 cm³/mol. The zero-order valence-electron chi connectivity index (χ0n) is 10.5. The summed E-state index contributed by atoms with van der Waals surface area (Å²) >= 11 is 1.16. The fourth-order valence-corrected chi connectivity index (χ4v) is 2.08.